The Morgan fingerprint density at radius 3 is 2.30 bits per heavy atom. The van der Waals surface area contributed by atoms with Crippen LogP contribution in [-0.2, 0) is 22.6 Å². The van der Waals surface area contributed by atoms with Crippen molar-refractivity contribution in [2.45, 2.75) is 38.3 Å². The SMILES string of the molecule is CCc1c(C(=O)CN2CCN(S(=O)(=O)c3cccc(C(F)(F)F)c3)CC2)[nH]c(C)c1C(C)=O. The van der Waals surface area contributed by atoms with E-state index in [1.54, 1.807) is 11.8 Å². The Morgan fingerprint density at radius 1 is 1.12 bits per heavy atom. The lowest BCUT2D eigenvalue weighted by Crippen LogP contribution is -2.49. The van der Waals surface area contributed by atoms with Gasteiger partial charge in [0.15, 0.2) is 11.6 Å². The number of hydrogen-bond donors (Lipinski definition) is 1. The predicted octanol–water partition coefficient (Wildman–Crippen LogP) is 3.30. The number of alkyl halides is 3. The fraction of sp³-hybridized carbons (Fsp3) is 0.455. The molecular weight excluding hydrogens is 459 g/mol. The van der Waals surface area contributed by atoms with Crippen molar-refractivity contribution in [3.8, 4) is 0 Å². The number of nitrogens with one attached hydrogen (secondary N) is 1. The van der Waals surface area contributed by atoms with E-state index >= 15 is 0 Å². The van der Waals surface area contributed by atoms with Gasteiger partial charge in [0.05, 0.1) is 22.7 Å². The molecule has 3 rings (SSSR count). The average Bonchev–Trinajstić information content (AvgIpc) is 3.10. The number of Topliss-reactive ketones (excluding diaryl/α,β-unsaturated/α-hetero) is 2. The number of benzene rings is 1. The van der Waals surface area contributed by atoms with Gasteiger partial charge in [0.1, 0.15) is 0 Å². The van der Waals surface area contributed by atoms with Crippen LogP contribution in [0.1, 0.15) is 51.5 Å². The fourth-order valence-electron chi connectivity index (χ4n) is 4.14. The van der Waals surface area contributed by atoms with Crippen LogP contribution in [0.3, 0.4) is 0 Å². The van der Waals surface area contributed by atoms with E-state index in [2.05, 4.69) is 4.98 Å². The molecule has 1 aromatic carbocycles. The highest BCUT2D eigenvalue weighted by Crippen LogP contribution is 2.31. The molecule has 0 amide bonds. The van der Waals surface area contributed by atoms with Crippen LogP contribution in [0.5, 0.6) is 0 Å². The number of ketones is 2. The average molecular weight is 486 g/mol. The van der Waals surface area contributed by atoms with E-state index in [0.29, 0.717) is 35.0 Å². The Labute approximate surface area is 190 Å². The number of rotatable bonds is 7. The predicted molar refractivity (Wildman–Crippen MR) is 116 cm³/mol. The molecule has 7 nitrogen and oxygen atoms in total. The first-order valence-corrected chi connectivity index (χ1v) is 12.0. The first-order valence-electron chi connectivity index (χ1n) is 10.5. The van der Waals surface area contributed by atoms with Gasteiger partial charge in [-0.3, -0.25) is 14.5 Å². The summed E-state index contributed by atoms with van der Waals surface area (Å²) >= 11 is 0. The summed E-state index contributed by atoms with van der Waals surface area (Å²) in [6.45, 7) is 5.71. The molecule has 0 saturated carbocycles. The minimum Gasteiger partial charge on any atom is -0.355 e. The number of halogens is 3. The number of aromatic nitrogens is 1. The third kappa shape index (κ3) is 5.20. The van der Waals surface area contributed by atoms with E-state index in [0.717, 1.165) is 22.5 Å². The van der Waals surface area contributed by atoms with Crippen LogP contribution in [0.25, 0.3) is 0 Å². The van der Waals surface area contributed by atoms with Crippen molar-refractivity contribution in [2.24, 2.45) is 0 Å². The minimum atomic E-state index is -4.64. The maximum atomic E-state index is 13.0. The van der Waals surface area contributed by atoms with Crippen LogP contribution in [-0.4, -0.2) is 66.9 Å². The fourth-order valence-corrected chi connectivity index (χ4v) is 5.61. The highest BCUT2D eigenvalue weighted by molar-refractivity contribution is 7.89. The zero-order valence-electron chi connectivity index (χ0n) is 18.6. The van der Waals surface area contributed by atoms with Gasteiger partial charge >= 0.3 is 6.18 Å². The van der Waals surface area contributed by atoms with Crippen molar-refractivity contribution < 1.29 is 31.2 Å². The quantitative estimate of drug-likeness (QED) is 0.608. The standard InChI is InChI=1S/C22H26F3N3O4S/c1-4-18-20(15(3)29)14(2)26-21(18)19(30)13-27-8-10-28(11-9-27)33(31,32)17-7-5-6-16(12-17)22(23,24)25/h5-7,12,26H,4,8-11,13H2,1-3H3. The molecule has 0 unspecified atom stereocenters. The van der Waals surface area contributed by atoms with Crippen molar-refractivity contribution in [3.63, 3.8) is 0 Å². The minimum absolute atomic E-state index is 0.0434. The molecule has 33 heavy (non-hydrogen) atoms. The van der Waals surface area contributed by atoms with Crippen LogP contribution in [0, 0.1) is 6.92 Å². The molecule has 1 fully saturated rings. The summed E-state index contributed by atoms with van der Waals surface area (Å²) in [5.74, 6) is -0.315. The summed E-state index contributed by atoms with van der Waals surface area (Å²) in [7, 11) is -4.09. The van der Waals surface area contributed by atoms with Crippen LogP contribution >= 0.6 is 0 Å². The van der Waals surface area contributed by atoms with Crippen molar-refractivity contribution >= 4 is 21.6 Å². The molecule has 1 N–H and O–H groups in total. The number of piperazine rings is 1. The van der Waals surface area contributed by atoms with Crippen molar-refractivity contribution in [3.05, 3.63) is 52.3 Å². The zero-order valence-corrected chi connectivity index (χ0v) is 19.4. The smallest absolute Gasteiger partial charge is 0.355 e. The van der Waals surface area contributed by atoms with E-state index in [9.17, 15) is 31.2 Å². The molecule has 0 spiro atoms. The van der Waals surface area contributed by atoms with Crippen LogP contribution in [0.2, 0.25) is 0 Å². The molecule has 11 heteroatoms. The number of hydrogen-bond acceptors (Lipinski definition) is 5. The molecule has 0 radical (unpaired) electrons. The second-order valence-electron chi connectivity index (χ2n) is 8.02. The topological polar surface area (TPSA) is 90.6 Å². The second-order valence-corrected chi connectivity index (χ2v) is 9.96. The second kappa shape index (κ2) is 9.40. The summed E-state index contributed by atoms with van der Waals surface area (Å²) in [4.78, 5) is 29.2. The van der Waals surface area contributed by atoms with Crippen LogP contribution < -0.4 is 0 Å². The molecule has 0 atom stereocenters. The highest BCUT2D eigenvalue weighted by atomic mass is 32.2. The Morgan fingerprint density at radius 2 is 1.76 bits per heavy atom. The monoisotopic (exact) mass is 485 g/mol. The van der Waals surface area contributed by atoms with Crippen molar-refractivity contribution in [1.82, 2.24) is 14.2 Å². The number of nitrogens with zero attached hydrogens (tertiary/aromatic N) is 2. The third-order valence-electron chi connectivity index (χ3n) is 5.77. The van der Waals surface area contributed by atoms with Crippen molar-refractivity contribution in [1.29, 1.82) is 0 Å². The van der Waals surface area contributed by atoms with Gasteiger partial charge in [-0.15, -0.1) is 0 Å². The first-order chi connectivity index (χ1) is 15.4. The highest BCUT2D eigenvalue weighted by Gasteiger charge is 2.34. The molecule has 2 aromatic rings. The van der Waals surface area contributed by atoms with Gasteiger partial charge in [-0.25, -0.2) is 8.42 Å². The van der Waals surface area contributed by atoms with Crippen LogP contribution in [0.15, 0.2) is 29.2 Å². The molecule has 1 aromatic heterocycles. The van der Waals surface area contributed by atoms with Gasteiger partial charge in [-0.2, -0.15) is 17.5 Å². The maximum Gasteiger partial charge on any atom is 0.416 e. The van der Waals surface area contributed by atoms with Gasteiger partial charge in [-0.1, -0.05) is 13.0 Å². The number of H-pyrrole nitrogens is 1. The number of sulfonamides is 1. The largest absolute Gasteiger partial charge is 0.416 e. The van der Waals surface area contributed by atoms with Gasteiger partial charge in [0, 0.05) is 37.4 Å². The number of carbonyl (C=O) groups is 2. The van der Waals surface area contributed by atoms with Crippen LogP contribution in [0.4, 0.5) is 13.2 Å². The Hall–Kier alpha value is -2.50. The van der Waals surface area contributed by atoms with Gasteiger partial charge in [-0.05, 0) is 44.0 Å². The van der Waals surface area contributed by atoms with E-state index < -0.39 is 26.7 Å². The Balaban J connectivity index is 1.69. The molecule has 1 aliphatic heterocycles. The molecular formula is C22H26F3N3O4S. The first kappa shape index (κ1) is 25.1. The van der Waals surface area contributed by atoms with E-state index in [4.69, 9.17) is 0 Å². The number of aryl methyl sites for hydroxylation is 1. The third-order valence-corrected chi connectivity index (χ3v) is 7.67. The molecule has 1 aliphatic rings. The summed E-state index contributed by atoms with van der Waals surface area (Å²) < 4.78 is 65.7. The number of aromatic amines is 1. The van der Waals surface area contributed by atoms with Gasteiger partial charge < -0.3 is 4.98 Å². The van der Waals surface area contributed by atoms with Gasteiger partial charge in [0.2, 0.25) is 10.0 Å². The summed E-state index contributed by atoms with van der Waals surface area (Å²) in [6, 6.07) is 3.68. The maximum absolute atomic E-state index is 13.0. The zero-order chi connectivity index (χ0) is 24.6. The normalized spacial score (nSPS) is 16.2. The summed E-state index contributed by atoms with van der Waals surface area (Å²) in [5, 5.41) is 0. The molecule has 0 bridgehead atoms. The summed E-state index contributed by atoms with van der Waals surface area (Å²) in [6.07, 6.45) is -4.12. The van der Waals surface area contributed by atoms with Gasteiger partial charge in [0.25, 0.3) is 0 Å². The van der Waals surface area contributed by atoms with E-state index in [1.807, 2.05) is 6.92 Å². The summed E-state index contributed by atoms with van der Waals surface area (Å²) in [5.41, 5.74) is 1.21. The lowest BCUT2D eigenvalue weighted by Gasteiger charge is -2.33. The lowest BCUT2D eigenvalue weighted by molar-refractivity contribution is -0.137. The molecule has 1 saturated heterocycles. The Kier molecular flexibility index (Phi) is 7.15. The molecule has 180 valence electrons. The Bertz CT molecular complexity index is 1160. The van der Waals surface area contributed by atoms with E-state index in [1.165, 1.54) is 6.92 Å². The number of carbonyl (C=O) groups excluding carboxylic acids is 2. The lowest BCUT2D eigenvalue weighted by atomic mass is 10.0. The van der Waals surface area contributed by atoms with Crippen molar-refractivity contribution in [2.75, 3.05) is 32.7 Å². The van der Waals surface area contributed by atoms with E-state index in [-0.39, 0.29) is 44.3 Å². The molecule has 2 heterocycles. The molecule has 0 aliphatic carbocycles.